The first-order valence-corrected chi connectivity index (χ1v) is 7.46. The zero-order valence-electron chi connectivity index (χ0n) is 11.8. The Morgan fingerprint density at radius 1 is 1.05 bits per heavy atom. The van der Waals surface area contributed by atoms with Crippen LogP contribution in [0.1, 0.15) is 39.5 Å². The molecule has 0 aromatic rings. The van der Waals surface area contributed by atoms with Crippen molar-refractivity contribution in [1.82, 2.24) is 4.90 Å². The molecule has 0 saturated carbocycles. The minimum absolute atomic E-state index is 0.0580. The highest BCUT2D eigenvalue weighted by Gasteiger charge is 2.35. The highest BCUT2D eigenvalue weighted by Crippen LogP contribution is 2.33. The molecule has 2 nitrogen and oxygen atoms in total. The third-order valence-electron chi connectivity index (χ3n) is 3.27. The van der Waals surface area contributed by atoms with Crippen LogP contribution in [-0.2, 0) is 0 Å². The van der Waals surface area contributed by atoms with Crippen LogP contribution in [0, 0.1) is 5.41 Å². The number of thiol groups is 1. The summed E-state index contributed by atoms with van der Waals surface area (Å²) in [4.78, 5) is 1.31. The minimum Gasteiger partial charge on any atom is -0.395 e. The highest BCUT2D eigenvalue weighted by atomic mass is 32.1. The molecular weight excluding hydrogens is 275 g/mol. The molecule has 0 aliphatic heterocycles. The van der Waals surface area contributed by atoms with Crippen LogP contribution in [0.5, 0.6) is 0 Å². The fourth-order valence-electron chi connectivity index (χ4n) is 2.64. The molecule has 0 heterocycles. The fraction of sp³-hybridized carbons (Fsp3) is 1.00. The van der Waals surface area contributed by atoms with Gasteiger partial charge in [-0.1, -0.05) is 26.7 Å². The van der Waals surface area contributed by atoms with Crippen molar-refractivity contribution in [3.05, 3.63) is 0 Å². The van der Waals surface area contributed by atoms with E-state index in [0.29, 0.717) is 12.3 Å². The molecule has 19 heavy (non-hydrogen) atoms. The van der Waals surface area contributed by atoms with Gasteiger partial charge in [0.2, 0.25) is 0 Å². The van der Waals surface area contributed by atoms with E-state index in [1.807, 2.05) is 13.8 Å². The van der Waals surface area contributed by atoms with Crippen molar-refractivity contribution >= 4 is 12.6 Å². The normalized spacial score (nSPS) is 13.3. The molecule has 116 valence electrons. The fourth-order valence-corrected chi connectivity index (χ4v) is 3.05. The van der Waals surface area contributed by atoms with Crippen LogP contribution in [0.3, 0.4) is 0 Å². The van der Waals surface area contributed by atoms with E-state index in [1.54, 1.807) is 0 Å². The summed E-state index contributed by atoms with van der Waals surface area (Å²) >= 11 is 4.35. The molecule has 0 bridgehead atoms. The number of aliphatic hydroxyl groups excluding tert-OH is 1. The predicted molar refractivity (Wildman–Crippen MR) is 75.7 cm³/mol. The van der Waals surface area contributed by atoms with Crippen molar-refractivity contribution in [2.75, 3.05) is 32.0 Å². The Hall–Kier alpha value is 0.0600. The van der Waals surface area contributed by atoms with Crippen LogP contribution in [-0.4, -0.2) is 48.2 Å². The topological polar surface area (TPSA) is 23.5 Å². The molecular formula is C13H26F3NOS. The maximum Gasteiger partial charge on any atom is 0.401 e. The Kier molecular flexibility index (Phi) is 9.11. The van der Waals surface area contributed by atoms with Crippen molar-refractivity contribution in [2.24, 2.45) is 5.41 Å². The first-order chi connectivity index (χ1) is 8.82. The smallest absolute Gasteiger partial charge is 0.395 e. The maximum absolute atomic E-state index is 12.5. The minimum atomic E-state index is -4.23. The van der Waals surface area contributed by atoms with Gasteiger partial charge in [0, 0.05) is 13.1 Å². The standard InChI is InChI=1S/C13H26F3NOS/c1-3-5-12(11-19,6-4-2)9-17(7-8-18)10-13(14,15)16/h18-19H,3-11H2,1-2H3. The number of aliphatic hydroxyl groups is 1. The second kappa shape index (κ2) is 9.08. The lowest BCUT2D eigenvalue weighted by Gasteiger charge is -2.37. The summed E-state index contributed by atoms with van der Waals surface area (Å²) < 4.78 is 37.6. The van der Waals surface area contributed by atoms with Crippen molar-refractivity contribution in [3.8, 4) is 0 Å². The Balaban J connectivity index is 4.80. The third-order valence-corrected chi connectivity index (χ3v) is 3.95. The number of hydrogen-bond donors (Lipinski definition) is 2. The van der Waals surface area contributed by atoms with Gasteiger partial charge in [0.15, 0.2) is 0 Å². The first kappa shape index (κ1) is 19.1. The Labute approximate surface area is 119 Å². The SMILES string of the molecule is CCCC(CS)(CCC)CN(CCO)CC(F)(F)F. The Bertz CT molecular complexity index is 230. The van der Waals surface area contributed by atoms with Crippen LogP contribution in [0.25, 0.3) is 0 Å². The van der Waals surface area contributed by atoms with Gasteiger partial charge >= 0.3 is 6.18 Å². The second-order valence-electron chi connectivity index (χ2n) is 5.21. The molecule has 0 rings (SSSR count). The molecule has 0 aliphatic rings. The molecule has 0 radical (unpaired) electrons. The zero-order chi connectivity index (χ0) is 14.9. The third kappa shape index (κ3) is 8.05. The van der Waals surface area contributed by atoms with E-state index >= 15 is 0 Å². The molecule has 0 atom stereocenters. The number of nitrogens with zero attached hydrogens (tertiary/aromatic N) is 1. The van der Waals surface area contributed by atoms with Crippen LogP contribution in [0.4, 0.5) is 13.2 Å². The maximum atomic E-state index is 12.5. The molecule has 0 aliphatic carbocycles. The van der Waals surface area contributed by atoms with Crippen molar-refractivity contribution in [3.63, 3.8) is 0 Å². The summed E-state index contributed by atoms with van der Waals surface area (Å²) in [5.74, 6) is 0.578. The Morgan fingerprint density at radius 3 is 1.89 bits per heavy atom. The highest BCUT2D eigenvalue weighted by molar-refractivity contribution is 7.80. The van der Waals surface area contributed by atoms with Gasteiger partial charge in [-0.15, -0.1) is 0 Å². The molecule has 0 unspecified atom stereocenters. The molecule has 6 heteroatoms. The van der Waals surface area contributed by atoms with Gasteiger partial charge < -0.3 is 5.11 Å². The molecule has 0 aromatic heterocycles. The van der Waals surface area contributed by atoms with Gasteiger partial charge in [0.05, 0.1) is 13.2 Å². The zero-order valence-corrected chi connectivity index (χ0v) is 12.7. The summed E-state index contributed by atoms with van der Waals surface area (Å²) in [7, 11) is 0. The van der Waals surface area contributed by atoms with E-state index in [2.05, 4.69) is 12.6 Å². The number of halogens is 3. The van der Waals surface area contributed by atoms with Gasteiger partial charge in [0.1, 0.15) is 0 Å². The van der Waals surface area contributed by atoms with E-state index in [4.69, 9.17) is 5.11 Å². The monoisotopic (exact) mass is 301 g/mol. The van der Waals surface area contributed by atoms with E-state index in [0.717, 1.165) is 25.7 Å². The number of hydrogen-bond acceptors (Lipinski definition) is 3. The molecule has 0 saturated heterocycles. The van der Waals surface area contributed by atoms with Crippen LogP contribution in [0.15, 0.2) is 0 Å². The van der Waals surface area contributed by atoms with Crippen LogP contribution in [0.2, 0.25) is 0 Å². The summed E-state index contributed by atoms with van der Waals surface area (Å²) in [6.45, 7) is 3.26. The van der Waals surface area contributed by atoms with Gasteiger partial charge in [-0.2, -0.15) is 25.8 Å². The molecule has 0 amide bonds. The van der Waals surface area contributed by atoms with Crippen LogP contribution >= 0.6 is 12.6 Å². The van der Waals surface area contributed by atoms with E-state index in [1.165, 1.54) is 4.90 Å². The largest absolute Gasteiger partial charge is 0.401 e. The Morgan fingerprint density at radius 2 is 1.58 bits per heavy atom. The van der Waals surface area contributed by atoms with Gasteiger partial charge in [-0.25, -0.2) is 0 Å². The lowest BCUT2D eigenvalue weighted by Crippen LogP contribution is -2.44. The summed E-state index contributed by atoms with van der Waals surface area (Å²) in [5, 5.41) is 8.93. The predicted octanol–water partition coefficient (Wildman–Crippen LogP) is 3.36. The number of rotatable bonds is 10. The van der Waals surface area contributed by atoms with E-state index in [9.17, 15) is 13.2 Å². The lowest BCUT2D eigenvalue weighted by atomic mass is 9.80. The molecule has 0 fully saturated rings. The average Bonchev–Trinajstić information content (AvgIpc) is 2.27. The van der Waals surface area contributed by atoms with Crippen molar-refractivity contribution in [2.45, 2.75) is 45.7 Å². The van der Waals surface area contributed by atoms with Gasteiger partial charge in [0.25, 0.3) is 0 Å². The molecule has 0 aromatic carbocycles. The van der Waals surface area contributed by atoms with Gasteiger partial charge in [-0.05, 0) is 24.0 Å². The average molecular weight is 301 g/mol. The van der Waals surface area contributed by atoms with Crippen molar-refractivity contribution in [1.29, 1.82) is 0 Å². The number of alkyl halides is 3. The van der Waals surface area contributed by atoms with E-state index < -0.39 is 12.7 Å². The first-order valence-electron chi connectivity index (χ1n) is 6.83. The summed E-state index contributed by atoms with van der Waals surface area (Å²) in [6.07, 6.45) is -0.636. The molecule has 0 spiro atoms. The summed E-state index contributed by atoms with van der Waals surface area (Å²) in [6, 6.07) is 0. The van der Waals surface area contributed by atoms with Gasteiger partial charge in [-0.3, -0.25) is 4.90 Å². The van der Waals surface area contributed by atoms with Crippen molar-refractivity contribution < 1.29 is 18.3 Å². The lowest BCUT2D eigenvalue weighted by molar-refractivity contribution is -0.150. The quantitative estimate of drug-likeness (QED) is 0.604. The van der Waals surface area contributed by atoms with Crippen LogP contribution < -0.4 is 0 Å². The second-order valence-corrected chi connectivity index (χ2v) is 5.52. The molecule has 1 N–H and O–H groups in total. The summed E-state index contributed by atoms with van der Waals surface area (Å²) in [5.41, 5.74) is -0.187. The van der Waals surface area contributed by atoms with E-state index in [-0.39, 0.29) is 18.6 Å².